The number of anilines is 4. The number of Topliss-reactive ketones (excluding diaryl/α,β-unsaturated/α-hetero) is 1. The number of pyridine rings is 1. The van der Waals surface area contributed by atoms with Gasteiger partial charge < -0.3 is 26.0 Å². The van der Waals surface area contributed by atoms with Crippen LogP contribution >= 0.6 is 23.4 Å². The average molecular weight is 614 g/mol. The first-order valence-electron chi connectivity index (χ1n) is 14.1. The summed E-state index contributed by atoms with van der Waals surface area (Å²) in [6.45, 7) is 4.02. The number of carbonyl (C=O) groups is 1. The molecule has 6 rings (SSSR count). The number of aliphatic hydroxyl groups is 1. The topological polar surface area (TPSA) is 146 Å². The van der Waals surface area contributed by atoms with Crippen molar-refractivity contribution in [3.63, 3.8) is 0 Å². The van der Waals surface area contributed by atoms with Crippen LogP contribution in [0.4, 0.5) is 27.8 Å². The van der Waals surface area contributed by atoms with E-state index < -0.39 is 12.3 Å². The monoisotopic (exact) mass is 613 g/mol. The van der Waals surface area contributed by atoms with Crippen LogP contribution in [0.3, 0.4) is 0 Å². The van der Waals surface area contributed by atoms with Gasteiger partial charge in [0, 0.05) is 55.3 Å². The number of aliphatic hydroxyl groups excluding tert-OH is 1. The maximum Gasteiger partial charge on any atom is 0.227 e. The molecule has 1 saturated carbocycles. The number of carbonyl (C=O) groups excluding carboxylic acids is 1. The molecule has 222 valence electrons. The number of nitrogens with zero attached hydrogens (tertiary/aromatic N) is 7. The predicted molar refractivity (Wildman–Crippen MR) is 159 cm³/mol. The Morgan fingerprint density at radius 3 is 2.60 bits per heavy atom. The lowest BCUT2D eigenvalue weighted by Gasteiger charge is -2.42. The van der Waals surface area contributed by atoms with E-state index in [4.69, 9.17) is 17.3 Å². The number of nitrogens with two attached hydrogens (primary N) is 1. The molecule has 1 spiro atoms. The summed E-state index contributed by atoms with van der Waals surface area (Å²) in [6, 6.07) is 3.40. The van der Waals surface area contributed by atoms with Crippen molar-refractivity contribution in [2.24, 2.45) is 17.1 Å². The Labute approximate surface area is 252 Å². The number of nitrogens with one attached hydrogen (secondary N) is 1. The van der Waals surface area contributed by atoms with Gasteiger partial charge in [-0.3, -0.25) is 4.79 Å². The lowest BCUT2D eigenvalue weighted by molar-refractivity contribution is -0.120. The van der Waals surface area contributed by atoms with Gasteiger partial charge in [-0.1, -0.05) is 30.3 Å². The highest BCUT2D eigenvalue weighted by atomic mass is 35.5. The highest BCUT2D eigenvalue weighted by molar-refractivity contribution is 7.99. The number of halogens is 2. The third-order valence-corrected chi connectivity index (χ3v) is 10.2. The largest absolute Gasteiger partial charge is 0.390 e. The van der Waals surface area contributed by atoms with Crippen LogP contribution in [0.1, 0.15) is 32.6 Å². The van der Waals surface area contributed by atoms with Gasteiger partial charge in [-0.25, -0.2) is 24.3 Å². The van der Waals surface area contributed by atoms with Gasteiger partial charge in [0.15, 0.2) is 5.82 Å². The van der Waals surface area contributed by atoms with Crippen molar-refractivity contribution in [1.82, 2.24) is 24.9 Å². The quantitative estimate of drug-likeness (QED) is 0.373. The molecule has 3 aromatic heterocycles. The van der Waals surface area contributed by atoms with E-state index in [1.165, 1.54) is 11.8 Å². The number of ketones is 1. The Morgan fingerprint density at radius 2 is 1.90 bits per heavy atom. The Kier molecular flexibility index (Phi) is 8.18. The SMILES string of the molecule is C[C@@H]1C(=O)CC2(CCN(c3cnc(Sc4ccnc(Nc5ccnc(N6CC[C@@H](O)[C@@H](F)C6)n5)c4Cl)cn3)CC2)[C@H]1N. The van der Waals surface area contributed by atoms with Gasteiger partial charge in [0.05, 0.1) is 30.1 Å². The van der Waals surface area contributed by atoms with E-state index in [1.54, 1.807) is 41.8 Å². The molecule has 14 heteroatoms. The maximum absolute atomic E-state index is 14.0. The fraction of sp³-hybridized carbons (Fsp3) is 0.500. The van der Waals surface area contributed by atoms with Crippen molar-refractivity contribution < 1.29 is 14.3 Å². The first-order chi connectivity index (χ1) is 20.2. The second-order valence-corrected chi connectivity index (χ2v) is 12.7. The van der Waals surface area contributed by atoms with Crippen molar-refractivity contribution in [2.75, 3.05) is 41.3 Å². The molecule has 11 nitrogen and oxygen atoms in total. The minimum Gasteiger partial charge on any atom is -0.390 e. The molecular formula is C28H33ClFN9O2S. The first kappa shape index (κ1) is 29.0. The molecule has 1 aliphatic carbocycles. The van der Waals surface area contributed by atoms with Gasteiger partial charge in [0.1, 0.15) is 28.6 Å². The highest BCUT2D eigenvalue weighted by Crippen LogP contribution is 2.46. The fourth-order valence-electron chi connectivity index (χ4n) is 6.04. The number of alkyl halides is 1. The van der Waals surface area contributed by atoms with Gasteiger partial charge in [-0.2, -0.15) is 4.98 Å². The minimum absolute atomic E-state index is 0.0303. The minimum atomic E-state index is -1.35. The van der Waals surface area contributed by atoms with Crippen molar-refractivity contribution in [1.29, 1.82) is 0 Å². The van der Waals surface area contributed by atoms with E-state index in [9.17, 15) is 14.3 Å². The van der Waals surface area contributed by atoms with Crippen LogP contribution in [0.15, 0.2) is 46.8 Å². The van der Waals surface area contributed by atoms with Crippen LogP contribution in [0.25, 0.3) is 0 Å². The van der Waals surface area contributed by atoms with E-state index in [2.05, 4.69) is 35.1 Å². The Bertz CT molecular complexity index is 1440. The van der Waals surface area contributed by atoms with Crippen molar-refractivity contribution >= 4 is 52.5 Å². The second kappa shape index (κ2) is 11.9. The molecule has 0 unspecified atom stereocenters. The summed E-state index contributed by atoms with van der Waals surface area (Å²) in [5.41, 5.74) is 6.35. The Morgan fingerprint density at radius 1 is 1.12 bits per heavy atom. The molecule has 2 aliphatic heterocycles. The highest BCUT2D eigenvalue weighted by Gasteiger charge is 2.50. The predicted octanol–water partition coefficient (Wildman–Crippen LogP) is 3.64. The maximum atomic E-state index is 14.0. The zero-order valence-corrected chi connectivity index (χ0v) is 24.7. The summed E-state index contributed by atoms with van der Waals surface area (Å²) in [6.07, 6.45) is 7.04. The average Bonchev–Trinajstić information content (AvgIpc) is 3.20. The fourth-order valence-corrected chi connectivity index (χ4v) is 7.07. The molecule has 3 aromatic rings. The van der Waals surface area contributed by atoms with Crippen LogP contribution in [-0.4, -0.2) is 80.3 Å². The molecule has 4 atom stereocenters. The molecule has 4 N–H and O–H groups in total. The molecule has 42 heavy (non-hydrogen) atoms. The molecular weight excluding hydrogens is 581 g/mol. The van der Waals surface area contributed by atoms with Gasteiger partial charge in [-0.05, 0) is 36.8 Å². The summed E-state index contributed by atoms with van der Waals surface area (Å²) >= 11 is 8.08. The van der Waals surface area contributed by atoms with Gasteiger partial charge in [0.25, 0.3) is 0 Å². The zero-order chi connectivity index (χ0) is 29.4. The Hall–Kier alpha value is -3.13. The number of hydrogen-bond donors (Lipinski definition) is 3. The van der Waals surface area contributed by atoms with Crippen LogP contribution in [0, 0.1) is 11.3 Å². The Balaban J connectivity index is 1.09. The number of hydrogen-bond acceptors (Lipinski definition) is 12. The molecule has 0 amide bonds. The lowest BCUT2D eigenvalue weighted by Crippen LogP contribution is -2.48. The second-order valence-electron chi connectivity index (χ2n) is 11.3. The van der Waals surface area contributed by atoms with Crippen molar-refractivity contribution in [2.45, 2.75) is 60.8 Å². The van der Waals surface area contributed by atoms with Crippen LogP contribution in [-0.2, 0) is 4.79 Å². The van der Waals surface area contributed by atoms with Crippen LogP contribution in [0.5, 0.6) is 0 Å². The van der Waals surface area contributed by atoms with E-state index in [0.717, 1.165) is 36.6 Å². The summed E-state index contributed by atoms with van der Waals surface area (Å²) in [5.74, 6) is 2.25. The summed E-state index contributed by atoms with van der Waals surface area (Å²) in [5, 5.41) is 13.9. The lowest BCUT2D eigenvalue weighted by atomic mass is 9.73. The van der Waals surface area contributed by atoms with E-state index in [0.29, 0.717) is 47.0 Å². The van der Waals surface area contributed by atoms with Crippen LogP contribution < -0.4 is 20.9 Å². The zero-order valence-electron chi connectivity index (χ0n) is 23.2. The third-order valence-electron chi connectivity index (χ3n) is 8.73. The van der Waals surface area contributed by atoms with Crippen LogP contribution in [0.2, 0.25) is 5.02 Å². The summed E-state index contributed by atoms with van der Waals surface area (Å²) in [4.78, 5) is 39.3. The van der Waals surface area contributed by atoms with Crippen molar-refractivity contribution in [3.05, 3.63) is 41.9 Å². The molecule has 0 bridgehead atoms. The molecule has 2 saturated heterocycles. The summed E-state index contributed by atoms with van der Waals surface area (Å²) < 4.78 is 14.0. The van der Waals surface area contributed by atoms with E-state index in [1.807, 2.05) is 6.92 Å². The molecule has 0 aromatic carbocycles. The standard InChI is InChI=1S/C28H33ClFN9O2S/c1-16-19(41)12-28(25(16)31)5-10-38(11-6-28)22-13-35-23(14-34-22)42-20-2-7-32-26(24(20)29)36-21-3-8-33-27(37-21)39-9-4-18(40)17(30)15-39/h2-3,7-8,13-14,16-18,25,40H,4-6,9-12,15,31H2,1H3,(H,32,33,36,37)/t16-,17+,18-,25+/m1/s1. The number of rotatable bonds is 6. The summed E-state index contributed by atoms with van der Waals surface area (Å²) in [7, 11) is 0. The normalized spacial score (nSPS) is 25.7. The van der Waals surface area contributed by atoms with Gasteiger partial charge in [0.2, 0.25) is 5.95 Å². The number of piperidine rings is 2. The van der Waals surface area contributed by atoms with Gasteiger partial charge in [-0.15, -0.1) is 0 Å². The molecule has 5 heterocycles. The number of aromatic nitrogens is 5. The van der Waals surface area contributed by atoms with Crippen molar-refractivity contribution in [3.8, 4) is 0 Å². The first-order valence-corrected chi connectivity index (χ1v) is 15.3. The molecule has 3 fully saturated rings. The van der Waals surface area contributed by atoms with Gasteiger partial charge >= 0.3 is 0 Å². The molecule has 3 aliphatic rings. The molecule has 0 radical (unpaired) electrons. The van der Waals surface area contributed by atoms with E-state index >= 15 is 0 Å². The smallest absolute Gasteiger partial charge is 0.227 e. The third kappa shape index (κ3) is 5.75. The van der Waals surface area contributed by atoms with E-state index in [-0.39, 0.29) is 29.7 Å².